The number of hydrogen-bond donors (Lipinski definition) is 1. The minimum Gasteiger partial charge on any atom is -0.383 e. The lowest BCUT2D eigenvalue weighted by Gasteiger charge is -2.42. The van der Waals surface area contributed by atoms with E-state index >= 15 is 0 Å². The Morgan fingerprint density at radius 1 is 1.21 bits per heavy atom. The minimum absolute atomic E-state index is 0.00360. The molecule has 0 radical (unpaired) electrons. The molecule has 0 aliphatic carbocycles. The molecule has 184 valence electrons. The zero-order valence-corrected chi connectivity index (χ0v) is 20.0. The van der Waals surface area contributed by atoms with Gasteiger partial charge in [0, 0.05) is 38.5 Å². The molecule has 2 aliphatic heterocycles. The second-order valence-corrected chi connectivity index (χ2v) is 9.37. The van der Waals surface area contributed by atoms with Gasteiger partial charge in [-0.05, 0) is 69.0 Å². The molecule has 1 aromatic carbocycles. The number of rotatable bonds is 10. The van der Waals surface area contributed by atoms with E-state index in [0.717, 1.165) is 44.5 Å². The standard InChI is InChI=1S/C25H34FN5O3/c1-19(8-15-30-12-3-11-27-30)29-13-9-21(10-14-29)25(18-20-4-6-22(26)7-5-20)23(32)31(16-17-34-2)24(33)28-25/h3-7,11-12,19,21H,8-10,13-18H2,1-2H3,(H,28,33)/t19-,25-/m0/s1. The molecule has 0 saturated carbocycles. The van der Waals surface area contributed by atoms with Crippen LogP contribution in [0, 0.1) is 11.7 Å². The van der Waals surface area contributed by atoms with Crippen LogP contribution in [0.15, 0.2) is 42.7 Å². The number of likely N-dealkylation sites (tertiary alicyclic amines) is 1. The Bertz CT molecular complexity index is 959. The molecule has 0 spiro atoms. The molecule has 2 fully saturated rings. The third kappa shape index (κ3) is 5.15. The largest absolute Gasteiger partial charge is 0.383 e. The molecule has 8 nitrogen and oxygen atoms in total. The molecule has 2 atom stereocenters. The molecule has 1 N–H and O–H groups in total. The summed E-state index contributed by atoms with van der Waals surface area (Å²) in [7, 11) is 1.55. The van der Waals surface area contributed by atoms with Gasteiger partial charge < -0.3 is 15.0 Å². The van der Waals surface area contributed by atoms with E-state index < -0.39 is 5.54 Å². The Kier molecular flexibility index (Phi) is 7.63. The number of aryl methyl sites for hydroxylation is 1. The van der Waals surface area contributed by atoms with Crippen LogP contribution in [0.1, 0.15) is 31.7 Å². The molecule has 3 amide bonds. The third-order valence-electron chi connectivity index (χ3n) is 7.30. The zero-order chi connectivity index (χ0) is 24.1. The maximum absolute atomic E-state index is 13.7. The number of carbonyl (C=O) groups excluding carboxylic acids is 2. The summed E-state index contributed by atoms with van der Waals surface area (Å²) in [6.07, 6.45) is 6.71. The number of hydrogen-bond acceptors (Lipinski definition) is 5. The van der Waals surface area contributed by atoms with Crippen LogP contribution in [-0.4, -0.2) is 76.5 Å². The Balaban J connectivity index is 1.47. The number of piperidine rings is 1. The maximum Gasteiger partial charge on any atom is 0.325 e. The van der Waals surface area contributed by atoms with Crippen LogP contribution < -0.4 is 5.32 Å². The molecule has 34 heavy (non-hydrogen) atoms. The molecule has 3 heterocycles. The molecular weight excluding hydrogens is 437 g/mol. The van der Waals surface area contributed by atoms with E-state index in [0.29, 0.717) is 12.5 Å². The van der Waals surface area contributed by atoms with E-state index in [1.807, 2.05) is 16.9 Å². The summed E-state index contributed by atoms with van der Waals surface area (Å²) in [5.41, 5.74) is -0.189. The fourth-order valence-corrected chi connectivity index (χ4v) is 5.26. The van der Waals surface area contributed by atoms with Gasteiger partial charge in [-0.25, -0.2) is 9.18 Å². The van der Waals surface area contributed by atoms with Crippen molar-refractivity contribution in [2.45, 2.75) is 50.7 Å². The molecule has 4 rings (SSSR count). The predicted octanol–water partition coefficient (Wildman–Crippen LogP) is 2.69. The number of ether oxygens (including phenoxy) is 1. The summed E-state index contributed by atoms with van der Waals surface area (Å²) in [5, 5.41) is 7.33. The summed E-state index contributed by atoms with van der Waals surface area (Å²) in [6.45, 7) is 5.32. The summed E-state index contributed by atoms with van der Waals surface area (Å²) in [4.78, 5) is 30.2. The first kappa shape index (κ1) is 24.3. The van der Waals surface area contributed by atoms with E-state index in [-0.39, 0.29) is 36.8 Å². The topological polar surface area (TPSA) is 79.7 Å². The van der Waals surface area contributed by atoms with Gasteiger partial charge in [-0.2, -0.15) is 5.10 Å². The lowest BCUT2D eigenvalue weighted by molar-refractivity contribution is -0.134. The SMILES string of the molecule is COCCN1C(=O)N[C@@](Cc2ccc(F)cc2)(C2CCN([C@@H](C)CCn3cccn3)CC2)C1=O. The number of aromatic nitrogens is 2. The van der Waals surface area contributed by atoms with Crippen LogP contribution in [0.25, 0.3) is 0 Å². The number of urea groups is 1. The van der Waals surface area contributed by atoms with Crippen molar-refractivity contribution in [1.29, 1.82) is 0 Å². The van der Waals surface area contributed by atoms with Crippen LogP contribution >= 0.6 is 0 Å². The van der Waals surface area contributed by atoms with Gasteiger partial charge in [0.2, 0.25) is 0 Å². The van der Waals surface area contributed by atoms with E-state index in [4.69, 9.17) is 4.74 Å². The number of nitrogens with one attached hydrogen (secondary N) is 1. The van der Waals surface area contributed by atoms with Crippen LogP contribution in [0.5, 0.6) is 0 Å². The van der Waals surface area contributed by atoms with Crippen molar-refractivity contribution >= 4 is 11.9 Å². The van der Waals surface area contributed by atoms with Gasteiger partial charge in [0.05, 0.1) is 13.2 Å². The van der Waals surface area contributed by atoms with Crippen molar-refractivity contribution in [1.82, 2.24) is 24.9 Å². The van der Waals surface area contributed by atoms with Gasteiger partial charge in [-0.3, -0.25) is 14.4 Å². The predicted molar refractivity (Wildman–Crippen MR) is 126 cm³/mol. The lowest BCUT2D eigenvalue weighted by atomic mass is 9.73. The van der Waals surface area contributed by atoms with E-state index in [9.17, 15) is 14.0 Å². The molecule has 0 unspecified atom stereocenters. The smallest absolute Gasteiger partial charge is 0.325 e. The van der Waals surface area contributed by atoms with Gasteiger partial charge in [-0.1, -0.05) is 12.1 Å². The normalized spacial score (nSPS) is 22.9. The summed E-state index contributed by atoms with van der Waals surface area (Å²) < 4.78 is 20.5. The van der Waals surface area contributed by atoms with Gasteiger partial charge >= 0.3 is 6.03 Å². The number of methoxy groups -OCH3 is 1. The van der Waals surface area contributed by atoms with Crippen molar-refractivity contribution < 1.29 is 18.7 Å². The highest BCUT2D eigenvalue weighted by atomic mass is 19.1. The lowest BCUT2D eigenvalue weighted by Crippen LogP contribution is -2.58. The average Bonchev–Trinajstić information content (AvgIpc) is 3.45. The fraction of sp³-hybridized carbons (Fsp3) is 0.560. The molecule has 2 aromatic rings. The molecule has 0 bridgehead atoms. The van der Waals surface area contributed by atoms with E-state index in [1.54, 1.807) is 25.4 Å². The van der Waals surface area contributed by atoms with Crippen molar-refractivity contribution in [3.8, 4) is 0 Å². The molecule has 2 aliphatic rings. The van der Waals surface area contributed by atoms with Crippen LogP contribution in [-0.2, 0) is 22.5 Å². The monoisotopic (exact) mass is 471 g/mol. The number of imide groups is 1. The second-order valence-electron chi connectivity index (χ2n) is 9.37. The number of amides is 3. The quantitative estimate of drug-likeness (QED) is 0.539. The molecule has 1 aromatic heterocycles. The molecule has 2 saturated heterocycles. The first-order valence-corrected chi connectivity index (χ1v) is 12.0. The highest BCUT2D eigenvalue weighted by Gasteiger charge is 2.55. The number of carbonyl (C=O) groups is 2. The Morgan fingerprint density at radius 3 is 2.59 bits per heavy atom. The van der Waals surface area contributed by atoms with Crippen LogP contribution in [0.2, 0.25) is 0 Å². The van der Waals surface area contributed by atoms with Gasteiger partial charge in [0.15, 0.2) is 0 Å². The Hall–Kier alpha value is -2.78. The first-order valence-electron chi connectivity index (χ1n) is 12.0. The van der Waals surface area contributed by atoms with Crippen LogP contribution in [0.3, 0.4) is 0 Å². The Labute approximate surface area is 200 Å². The summed E-state index contributed by atoms with van der Waals surface area (Å²) >= 11 is 0. The fourth-order valence-electron chi connectivity index (χ4n) is 5.26. The summed E-state index contributed by atoms with van der Waals surface area (Å²) in [6, 6.07) is 8.14. The highest BCUT2D eigenvalue weighted by molar-refractivity contribution is 6.07. The zero-order valence-electron chi connectivity index (χ0n) is 20.0. The van der Waals surface area contributed by atoms with Crippen molar-refractivity contribution in [2.75, 3.05) is 33.4 Å². The first-order chi connectivity index (χ1) is 16.4. The molecular formula is C25H34FN5O3. The minimum atomic E-state index is -1.02. The van der Waals surface area contributed by atoms with Gasteiger partial charge in [0.1, 0.15) is 11.4 Å². The highest BCUT2D eigenvalue weighted by Crippen LogP contribution is 2.37. The van der Waals surface area contributed by atoms with Crippen molar-refractivity contribution in [2.24, 2.45) is 5.92 Å². The van der Waals surface area contributed by atoms with Gasteiger partial charge in [0.25, 0.3) is 5.91 Å². The Morgan fingerprint density at radius 2 is 1.94 bits per heavy atom. The maximum atomic E-state index is 13.7. The van der Waals surface area contributed by atoms with Crippen LogP contribution in [0.4, 0.5) is 9.18 Å². The average molecular weight is 472 g/mol. The van der Waals surface area contributed by atoms with Crippen molar-refractivity contribution in [3.63, 3.8) is 0 Å². The second kappa shape index (κ2) is 10.7. The summed E-state index contributed by atoms with van der Waals surface area (Å²) in [5.74, 6) is -0.529. The third-order valence-corrected chi connectivity index (χ3v) is 7.30. The number of nitrogens with zero attached hydrogens (tertiary/aromatic N) is 4. The molecule has 9 heteroatoms. The number of benzene rings is 1. The van der Waals surface area contributed by atoms with Gasteiger partial charge in [-0.15, -0.1) is 0 Å². The van der Waals surface area contributed by atoms with E-state index in [1.165, 1.54) is 17.0 Å². The van der Waals surface area contributed by atoms with E-state index in [2.05, 4.69) is 22.2 Å². The van der Waals surface area contributed by atoms with Crippen molar-refractivity contribution in [3.05, 3.63) is 54.1 Å². The number of halogens is 1.